The van der Waals surface area contributed by atoms with Crippen molar-refractivity contribution in [3.63, 3.8) is 0 Å². The van der Waals surface area contributed by atoms with Crippen LogP contribution in [-0.4, -0.2) is 42.1 Å². The molecule has 2 aromatic heterocycles. The Labute approximate surface area is 302 Å². The predicted molar refractivity (Wildman–Crippen MR) is 202 cm³/mol. The van der Waals surface area contributed by atoms with Gasteiger partial charge in [0.25, 0.3) is 5.56 Å². The van der Waals surface area contributed by atoms with Gasteiger partial charge in [-0.3, -0.25) is 9.48 Å². The maximum absolute atomic E-state index is 12.9. The molecular formula is C43H40N6O3. The quantitative estimate of drug-likeness (QED) is 0.0905. The number of hydrogen-bond donors (Lipinski definition) is 0. The Balaban J connectivity index is 1.32. The molecule has 52 heavy (non-hydrogen) atoms. The Kier molecular flexibility index (Phi) is 10.0. The summed E-state index contributed by atoms with van der Waals surface area (Å²) >= 11 is 0. The van der Waals surface area contributed by atoms with Crippen molar-refractivity contribution in [3.8, 4) is 22.5 Å². The maximum atomic E-state index is 12.9. The molecule has 0 unspecified atom stereocenters. The van der Waals surface area contributed by atoms with Gasteiger partial charge in [0.1, 0.15) is 11.2 Å². The van der Waals surface area contributed by atoms with Crippen molar-refractivity contribution in [2.75, 3.05) is 6.61 Å². The number of esters is 1. The molecule has 0 radical (unpaired) electrons. The fraction of sp³-hybridized carbons (Fsp3) is 0.186. The van der Waals surface area contributed by atoms with Crippen molar-refractivity contribution < 1.29 is 9.53 Å². The van der Waals surface area contributed by atoms with Gasteiger partial charge in [0.05, 0.1) is 13.2 Å². The number of hydrogen-bond acceptors (Lipinski definition) is 6. The van der Waals surface area contributed by atoms with Crippen LogP contribution in [0.4, 0.5) is 0 Å². The summed E-state index contributed by atoms with van der Waals surface area (Å²) in [4.78, 5) is 25.8. The highest BCUT2D eigenvalue weighted by atomic mass is 16.5. The largest absolute Gasteiger partial charge is 0.461 e. The highest BCUT2D eigenvalue weighted by molar-refractivity contribution is 5.87. The molecule has 0 N–H and O–H groups in total. The molecule has 0 saturated heterocycles. The molecule has 2 heterocycles. The molecule has 7 rings (SSSR count). The molecule has 9 nitrogen and oxygen atoms in total. The number of aromatic nitrogens is 6. The Morgan fingerprint density at radius 2 is 1.25 bits per heavy atom. The van der Waals surface area contributed by atoms with Crippen molar-refractivity contribution in [2.24, 2.45) is 0 Å². The lowest BCUT2D eigenvalue weighted by molar-refractivity contribution is 0.0510. The molecule has 7 aromatic rings. The van der Waals surface area contributed by atoms with E-state index in [-0.39, 0.29) is 17.9 Å². The number of benzene rings is 5. The third-order valence-corrected chi connectivity index (χ3v) is 9.42. The van der Waals surface area contributed by atoms with E-state index in [9.17, 15) is 9.59 Å². The molecule has 0 aliphatic rings. The van der Waals surface area contributed by atoms with E-state index in [4.69, 9.17) is 9.95 Å². The smallest absolute Gasteiger partial charge is 0.356 e. The van der Waals surface area contributed by atoms with Crippen molar-refractivity contribution >= 4 is 5.97 Å². The summed E-state index contributed by atoms with van der Waals surface area (Å²) in [5.41, 5.74) is 5.96. The van der Waals surface area contributed by atoms with Gasteiger partial charge in [-0.15, -0.1) is 5.10 Å². The van der Waals surface area contributed by atoms with Crippen LogP contribution in [0.2, 0.25) is 0 Å². The van der Waals surface area contributed by atoms with Crippen molar-refractivity contribution in [2.45, 2.75) is 45.3 Å². The number of tetrazole rings is 1. The lowest BCUT2D eigenvalue weighted by Gasteiger charge is -2.36. The molecule has 0 atom stereocenters. The summed E-state index contributed by atoms with van der Waals surface area (Å²) in [6, 6.07) is 48.7. The number of ether oxygens (including phenoxy) is 1. The van der Waals surface area contributed by atoms with Gasteiger partial charge < -0.3 is 4.74 Å². The second-order valence-corrected chi connectivity index (χ2v) is 12.6. The minimum atomic E-state index is -0.888. The summed E-state index contributed by atoms with van der Waals surface area (Å²) in [5, 5.41) is 13.7. The summed E-state index contributed by atoms with van der Waals surface area (Å²) in [6.07, 6.45) is 1.74. The van der Waals surface area contributed by atoms with Gasteiger partial charge in [-0.05, 0) is 57.2 Å². The Morgan fingerprint density at radius 3 is 1.81 bits per heavy atom. The molecule has 0 aliphatic heterocycles. The lowest BCUT2D eigenvalue weighted by atomic mass is 9.77. The fourth-order valence-corrected chi connectivity index (χ4v) is 6.97. The number of rotatable bonds is 13. The minimum Gasteiger partial charge on any atom is -0.461 e. The zero-order valence-electron chi connectivity index (χ0n) is 29.3. The van der Waals surface area contributed by atoms with Crippen molar-refractivity contribution in [1.82, 2.24) is 29.6 Å². The van der Waals surface area contributed by atoms with E-state index < -0.39 is 11.5 Å². The molecule has 0 fully saturated rings. The zero-order valence-corrected chi connectivity index (χ0v) is 29.3. The van der Waals surface area contributed by atoms with Crippen LogP contribution in [0.15, 0.2) is 150 Å². The van der Waals surface area contributed by atoms with E-state index >= 15 is 0 Å². The van der Waals surface area contributed by atoms with E-state index in [2.05, 4.69) is 77.9 Å². The number of unbranched alkanes of at least 4 members (excludes halogenated alkanes) is 1. The summed E-state index contributed by atoms with van der Waals surface area (Å²) in [6.45, 7) is 4.92. The van der Waals surface area contributed by atoms with Gasteiger partial charge in [0.2, 0.25) is 0 Å². The third-order valence-electron chi connectivity index (χ3n) is 9.42. The van der Waals surface area contributed by atoms with Crippen LogP contribution in [0.25, 0.3) is 22.5 Å². The van der Waals surface area contributed by atoms with Crippen LogP contribution in [0.3, 0.4) is 0 Å². The van der Waals surface area contributed by atoms with Crippen molar-refractivity contribution in [3.05, 3.63) is 184 Å². The topological polar surface area (TPSA) is 96.8 Å². The number of carbonyl (C=O) groups is 1. The van der Waals surface area contributed by atoms with Gasteiger partial charge in [0, 0.05) is 18.2 Å². The first kappa shape index (κ1) is 34.1. The normalized spacial score (nSPS) is 11.4. The van der Waals surface area contributed by atoms with Crippen molar-refractivity contribution in [1.29, 1.82) is 0 Å². The molecule has 5 aromatic carbocycles. The van der Waals surface area contributed by atoms with Gasteiger partial charge in [0.15, 0.2) is 5.82 Å². The van der Waals surface area contributed by atoms with E-state index in [0.29, 0.717) is 18.9 Å². The monoisotopic (exact) mass is 688 g/mol. The highest BCUT2D eigenvalue weighted by Gasteiger charge is 2.42. The Hall–Kier alpha value is -6.35. The maximum Gasteiger partial charge on any atom is 0.356 e. The standard InChI is InChI=1S/C43H40N6O3/c1-3-5-29-47-40(50)30-39(42(51)52-4-2)48(47)31-32-25-27-33(28-26-32)37-23-15-16-24-38(37)41-44-45-46-49(41)43(34-17-9-6-10-18-34,35-19-11-7-12-20-35)36-21-13-8-14-22-36/h6-28,30H,3-5,29,31H2,1-2H3. The average Bonchev–Trinajstić information content (AvgIpc) is 3.80. The second kappa shape index (κ2) is 15.3. The molecule has 0 bridgehead atoms. The van der Waals surface area contributed by atoms with Crippen LogP contribution < -0.4 is 5.56 Å². The first-order valence-corrected chi connectivity index (χ1v) is 17.7. The molecule has 0 aliphatic carbocycles. The van der Waals surface area contributed by atoms with E-state index in [1.54, 1.807) is 16.3 Å². The Morgan fingerprint density at radius 1 is 0.692 bits per heavy atom. The molecule has 0 saturated carbocycles. The van der Waals surface area contributed by atoms with Crippen LogP contribution in [0.1, 0.15) is 59.4 Å². The van der Waals surface area contributed by atoms with E-state index in [0.717, 1.165) is 51.8 Å². The first-order chi connectivity index (χ1) is 25.6. The van der Waals surface area contributed by atoms with Crippen LogP contribution in [-0.2, 0) is 23.4 Å². The third kappa shape index (κ3) is 6.37. The molecule has 0 spiro atoms. The van der Waals surface area contributed by atoms with Gasteiger partial charge in [-0.25, -0.2) is 14.2 Å². The van der Waals surface area contributed by atoms with E-state index in [1.165, 1.54) is 6.07 Å². The van der Waals surface area contributed by atoms with Gasteiger partial charge in [-0.2, -0.15) is 0 Å². The van der Waals surface area contributed by atoms with Gasteiger partial charge >= 0.3 is 5.97 Å². The summed E-state index contributed by atoms with van der Waals surface area (Å²) < 4.78 is 10.6. The van der Waals surface area contributed by atoms with Crippen LogP contribution in [0, 0.1) is 0 Å². The number of nitrogens with zero attached hydrogens (tertiary/aromatic N) is 6. The number of carbonyl (C=O) groups excluding carboxylic acids is 1. The van der Waals surface area contributed by atoms with Gasteiger partial charge in [-0.1, -0.05) is 153 Å². The SMILES string of the molecule is CCCCn1c(=O)cc(C(=O)OCC)n1Cc1ccc(-c2ccccc2-c2nnnn2C(c2ccccc2)(c2ccccc2)c2ccccc2)cc1. The molecule has 260 valence electrons. The molecule has 9 heteroatoms. The summed E-state index contributed by atoms with van der Waals surface area (Å²) in [7, 11) is 0. The first-order valence-electron chi connectivity index (χ1n) is 17.7. The molecular weight excluding hydrogens is 649 g/mol. The Bertz CT molecular complexity index is 2210. The fourth-order valence-electron chi connectivity index (χ4n) is 6.97. The highest BCUT2D eigenvalue weighted by Crippen LogP contribution is 2.43. The van der Waals surface area contributed by atoms with Crippen LogP contribution >= 0.6 is 0 Å². The van der Waals surface area contributed by atoms with E-state index in [1.807, 2.05) is 83.5 Å². The minimum absolute atomic E-state index is 0.211. The average molecular weight is 689 g/mol. The lowest BCUT2D eigenvalue weighted by Crippen LogP contribution is -2.39. The van der Waals surface area contributed by atoms with Crippen LogP contribution in [0.5, 0.6) is 0 Å². The summed E-state index contributed by atoms with van der Waals surface area (Å²) in [5.74, 6) is 0.110. The molecule has 0 amide bonds. The zero-order chi connectivity index (χ0) is 35.9. The predicted octanol–water partition coefficient (Wildman–Crippen LogP) is 7.84. The second-order valence-electron chi connectivity index (χ2n) is 12.6.